The molecular weight excluding hydrogens is 434 g/mol. The van der Waals surface area contributed by atoms with Crippen molar-refractivity contribution in [2.75, 3.05) is 13.1 Å². The van der Waals surface area contributed by atoms with E-state index >= 15 is 0 Å². The van der Waals surface area contributed by atoms with Gasteiger partial charge in [-0.05, 0) is 24.0 Å². The molecular formula is C25H31N5O4. The van der Waals surface area contributed by atoms with Gasteiger partial charge in [0.1, 0.15) is 6.04 Å². The fraction of sp³-hybridized carbons (Fsp3) is 0.320. The Kier molecular flexibility index (Phi) is 11.0. The highest BCUT2D eigenvalue weighted by Crippen LogP contribution is 2.11. The lowest BCUT2D eigenvalue weighted by Crippen LogP contribution is -2.46. The van der Waals surface area contributed by atoms with E-state index in [4.69, 9.17) is 0 Å². The summed E-state index contributed by atoms with van der Waals surface area (Å²) in [7, 11) is 0. The van der Waals surface area contributed by atoms with Gasteiger partial charge in [-0.3, -0.25) is 9.59 Å². The summed E-state index contributed by atoms with van der Waals surface area (Å²) in [6, 6.07) is 17.5. The van der Waals surface area contributed by atoms with E-state index in [-0.39, 0.29) is 31.4 Å². The molecule has 2 aromatic rings. The van der Waals surface area contributed by atoms with Crippen molar-refractivity contribution < 1.29 is 14.4 Å². The third-order valence-corrected chi connectivity index (χ3v) is 5.03. The van der Waals surface area contributed by atoms with Gasteiger partial charge in [0.05, 0.1) is 11.8 Å². The quantitative estimate of drug-likeness (QED) is 0.268. The van der Waals surface area contributed by atoms with Gasteiger partial charge in [0.2, 0.25) is 11.8 Å². The molecule has 2 rings (SSSR count). The molecule has 1 atom stereocenters. The molecule has 9 nitrogen and oxygen atoms in total. The second kappa shape index (κ2) is 14.2. The Morgan fingerprint density at radius 1 is 1.03 bits per heavy atom. The molecule has 0 saturated carbocycles. The lowest BCUT2D eigenvalue weighted by Gasteiger charge is -2.26. The van der Waals surface area contributed by atoms with Gasteiger partial charge in [0.15, 0.2) is 0 Å². The number of nitroso groups, excluding NO2 is 1. The van der Waals surface area contributed by atoms with Gasteiger partial charge >= 0.3 is 6.03 Å². The van der Waals surface area contributed by atoms with Crippen molar-refractivity contribution in [2.24, 2.45) is 5.29 Å². The largest absolute Gasteiger partial charge is 0.350 e. The molecule has 2 aromatic carbocycles. The number of hydrogen-bond donors (Lipinski definition) is 2. The number of carbonyl (C=O) groups is 3. The maximum atomic E-state index is 12.9. The molecule has 0 saturated heterocycles. The molecule has 0 unspecified atom stereocenters. The minimum Gasteiger partial charge on any atom is -0.350 e. The monoisotopic (exact) mass is 465 g/mol. The smallest absolute Gasteiger partial charge is 0.343 e. The standard InChI is InChI=1S/C25H31N5O4/c1-3-16-30(28-34)25(33)29(19-22-13-8-5-9-14-22)17-10-15-23(27-20(2)31)24(32)26-18-21-11-6-4-7-12-21/h3-9,11-14,23H,1,10,15-19H2,2H3,(H,26,32)(H,27,31)/t23-/m1/s1. The average molecular weight is 466 g/mol. The van der Waals surface area contributed by atoms with Crippen LogP contribution in [0.15, 0.2) is 78.6 Å². The molecule has 0 spiro atoms. The Balaban J connectivity index is 2.03. The van der Waals surface area contributed by atoms with Crippen LogP contribution in [-0.2, 0) is 22.7 Å². The van der Waals surface area contributed by atoms with Crippen molar-refractivity contribution in [1.29, 1.82) is 0 Å². The number of nitrogens with zero attached hydrogens (tertiary/aromatic N) is 3. The van der Waals surface area contributed by atoms with Gasteiger partial charge in [-0.15, -0.1) is 11.5 Å². The van der Waals surface area contributed by atoms with Crippen molar-refractivity contribution in [3.05, 3.63) is 89.4 Å². The number of carbonyl (C=O) groups excluding carboxylic acids is 3. The Bertz CT molecular complexity index is 952. The Hall–Kier alpha value is -4.01. The van der Waals surface area contributed by atoms with Crippen molar-refractivity contribution in [1.82, 2.24) is 20.5 Å². The summed E-state index contributed by atoms with van der Waals surface area (Å²) in [5.41, 5.74) is 1.83. The van der Waals surface area contributed by atoms with Crippen LogP contribution in [0.2, 0.25) is 0 Å². The summed E-state index contributed by atoms with van der Waals surface area (Å²) in [4.78, 5) is 49.9. The van der Waals surface area contributed by atoms with Crippen LogP contribution in [0.1, 0.15) is 30.9 Å². The zero-order valence-corrected chi connectivity index (χ0v) is 19.4. The van der Waals surface area contributed by atoms with Crippen LogP contribution in [0.3, 0.4) is 0 Å². The van der Waals surface area contributed by atoms with Crippen LogP contribution in [0.4, 0.5) is 4.79 Å². The molecule has 0 aliphatic carbocycles. The molecule has 0 aliphatic heterocycles. The van der Waals surface area contributed by atoms with E-state index in [1.807, 2.05) is 60.7 Å². The van der Waals surface area contributed by atoms with Gasteiger partial charge in [0, 0.05) is 26.6 Å². The lowest BCUT2D eigenvalue weighted by atomic mass is 10.1. The zero-order valence-electron chi connectivity index (χ0n) is 19.4. The fourth-order valence-corrected chi connectivity index (χ4v) is 3.39. The first-order chi connectivity index (χ1) is 16.4. The summed E-state index contributed by atoms with van der Waals surface area (Å²) >= 11 is 0. The van der Waals surface area contributed by atoms with Crippen LogP contribution in [0.5, 0.6) is 0 Å². The SMILES string of the molecule is C=CCN(N=O)C(=O)N(CCC[C@@H](NC(C)=O)C(=O)NCc1ccccc1)Cc1ccccc1. The molecule has 0 aliphatic rings. The van der Waals surface area contributed by atoms with E-state index in [0.29, 0.717) is 19.4 Å². The third-order valence-electron chi connectivity index (χ3n) is 5.03. The van der Waals surface area contributed by atoms with Crippen LogP contribution >= 0.6 is 0 Å². The topological polar surface area (TPSA) is 111 Å². The first-order valence-electron chi connectivity index (χ1n) is 11.1. The number of urea groups is 1. The van der Waals surface area contributed by atoms with E-state index in [9.17, 15) is 19.3 Å². The maximum Gasteiger partial charge on any atom is 0.343 e. The van der Waals surface area contributed by atoms with Crippen molar-refractivity contribution in [3.63, 3.8) is 0 Å². The highest BCUT2D eigenvalue weighted by Gasteiger charge is 2.23. The van der Waals surface area contributed by atoms with Gasteiger partial charge in [-0.25, -0.2) is 4.79 Å². The summed E-state index contributed by atoms with van der Waals surface area (Å²) in [6.45, 7) is 5.77. The van der Waals surface area contributed by atoms with Gasteiger partial charge in [-0.1, -0.05) is 66.7 Å². The summed E-state index contributed by atoms with van der Waals surface area (Å²) < 4.78 is 0. The Morgan fingerprint density at radius 3 is 2.21 bits per heavy atom. The molecule has 180 valence electrons. The van der Waals surface area contributed by atoms with Crippen LogP contribution < -0.4 is 10.6 Å². The molecule has 9 heteroatoms. The summed E-state index contributed by atoms with van der Waals surface area (Å²) in [6.07, 6.45) is 2.15. The third kappa shape index (κ3) is 8.85. The van der Waals surface area contributed by atoms with Crippen molar-refractivity contribution in [3.8, 4) is 0 Å². The molecule has 0 heterocycles. The minimum atomic E-state index is -0.747. The van der Waals surface area contributed by atoms with Gasteiger partial charge < -0.3 is 15.5 Å². The Morgan fingerprint density at radius 2 is 1.65 bits per heavy atom. The lowest BCUT2D eigenvalue weighted by molar-refractivity contribution is -0.128. The van der Waals surface area contributed by atoms with Crippen LogP contribution in [-0.4, -0.2) is 46.9 Å². The number of benzene rings is 2. The van der Waals surface area contributed by atoms with E-state index in [0.717, 1.165) is 16.1 Å². The molecule has 2 N–H and O–H groups in total. The van der Waals surface area contributed by atoms with Gasteiger partial charge in [0.25, 0.3) is 0 Å². The minimum absolute atomic E-state index is 0.00989. The molecule has 0 aromatic heterocycles. The van der Waals surface area contributed by atoms with E-state index in [2.05, 4.69) is 22.5 Å². The predicted molar refractivity (Wildman–Crippen MR) is 130 cm³/mol. The van der Waals surface area contributed by atoms with Crippen molar-refractivity contribution in [2.45, 2.75) is 38.9 Å². The highest BCUT2D eigenvalue weighted by atomic mass is 16.3. The Labute approximate surface area is 199 Å². The normalized spacial score (nSPS) is 11.1. The average Bonchev–Trinajstić information content (AvgIpc) is 2.85. The molecule has 4 amide bonds. The second-order valence-corrected chi connectivity index (χ2v) is 7.74. The highest BCUT2D eigenvalue weighted by molar-refractivity contribution is 5.86. The summed E-state index contributed by atoms with van der Waals surface area (Å²) in [5, 5.41) is 9.12. The molecule has 34 heavy (non-hydrogen) atoms. The molecule has 0 radical (unpaired) electrons. The first-order valence-corrected chi connectivity index (χ1v) is 11.1. The van der Waals surface area contributed by atoms with Crippen LogP contribution in [0, 0.1) is 4.91 Å². The van der Waals surface area contributed by atoms with E-state index in [1.54, 1.807) is 0 Å². The maximum absolute atomic E-state index is 12.9. The summed E-state index contributed by atoms with van der Waals surface area (Å²) in [5.74, 6) is -0.623. The first kappa shape index (κ1) is 26.2. The molecule has 0 fully saturated rings. The van der Waals surface area contributed by atoms with Crippen molar-refractivity contribution >= 4 is 17.8 Å². The number of nitrogens with one attached hydrogen (secondary N) is 2. The predicted octanol–water partition coefficient (Wildman–Crippen LogP) is 3.38. The van der Waals surface area contributed by atoms with Gasteiger partial charge in [-0.2, -0.15) is 5.01 Å². The number of amides is 4. The number of rotatable bonds is 13. The van der Waals surface area contributed by atoms with Crippen LogP contribution in [0.25, 0.3) is 0 Å². The van der Waals surface area contributed by atoms with E-state index in [1.165, 1.54) is 17.9 Å². The second-order valence-electron chi connectivity index (χ2n) is 7.74. The molecule has 0 bridgehead atoms. The zero-order chi connectivity index (χ0) is 24.8. The van der Waals surface area contributed by atoms with E-state index < -0.39 is 12.1 Å². The fourth-order valence-electron chi connectivity index (χ4n) is 3.39. The number of hydrogen-bond acceptors (Lipinski definition) is 5.